The number of nitrogens with one attached hydrogen (secondary N) is 2. The fourth-order valence-corrected chi connectivity index (χ4v) is 5.18. The topological polar surface area (TPSA) is 100 Å². The Morgan fingerprint density at radius 1 is 1.03 bits per heavy atom. The molecule has 2 saturated heterocycles. The zero-order valence-electron chi connectivity index (χ0n) is 20.9. The minimum absolute atomic E-state index is 0.107. The summed E-state index contributed by atoms with van der Waals surface area (Å²) in [5.41, 5.74) is 1.92. The first-order valence-electron chi connectivity index (χ1n) is 12.8. The zero-order chi connectivity index (χ0) is 25.3. The van der Waals surface area contributed by atoms with Gasteiger partial charge in [0, 0.05) is 13.1 Å². The molecule has 36 heavy (non-hydrogen) atoms. The molecule has 0 aromatic heterocycles. The van der Waals surface area contributed by atoms with Gasteiger partial charge in [0.15, 0.2) is 0 Å². The number of nitrogens with zero attached hydrogens (tertiary/aromatic N) is 1. The molecule has 0 bridgehead atoms. The van der Waals surface area contributed by atoms with E-state index in [1.807, 2.05) is 23.1 Å². The van der Waals surface area contributed by atoms with Crippen molar-refractivity contribution >= 4 is 17.6 Å². The first-order chi connectivity index (χ1) is 17.6. The third-order valence-electron chi connectivity index (χ3n) is 7.20. The van der Waals surface area contributed by atoms with Crippen LogP contribution in [0.5, 0.6) is 5.75 Å². The van der Waals surface area contributed by atoms with E-state index in [2.05, 4.69) is 34.9 Å². The second kappa shape index (κ2) is 12.7. The van der Waals surface area contributed by atoms with Gasteiger partial charge in [-0.1, -0.05) is 42.5 Å². The SMILES string of the molecule is COc1ccccc1NC(=O)N[C@@H]1CC[C@@H](CC(=O)N2CCC(Cc3ccccc3)CC2)O[C@H]1CO. The van der Waals surface area contributed by atoms with Crippen molar-refractivity contribution in [2.45, 2.75) is 56.8 Å². The number of anilines is 1. The highest BCUT2D eigenvalue weighted by Crippen LogP contribution is 2.26. The maximum absolute atomic E-state index is 12.9. The summed E-state index contributed by atoms with van der Waals surface area (Å²) in [6.45, 7) is 1.33. The second-order valence-corrected chi connectivity index (χ2v) is 9.68. The monoisotopic (exact) mass is 495 g/mol. The molecule has 8 heteroatoms. The van der Waals surface area contributed by atoms with Crippen LogP contribution in [0.3, 0.4) is 0 Å². The third kappa shape index (κ3) is 6.98. The Morgan fingerprint density at radius 2 is 1.75 bits per heavy atom. The Balaban J connectivity index is 1.21. The van der Waals surface area contributed by atoms with Crippen LogP contribution in [-0.4, -0.2) is 67.0 Å². The Bertz CT molecular complexity index is 994. The Labute approximate surface area is 213 Å². The lowest BCUT2D eigenvalue weighted by Gasteiger charge is -2.37. The lowest BCUT2D eigenvalue weighted by molar-refractivity contribution is -0.141. The fourth-order valence-electron chi connectivity index (χ4n) is 5.18. The van der Waals surface area contributed by atoms with E-state index in [1.54, 1.807) is 19.2 Å². The van der Waals surface area contributed by atoms with Gasteiger partial charge < -0.3 is 30.1 Å². The number of methoxy groups -OCH3 is 1. The summed E-state index contributed by atoms with van der Waals surface area (Å²) in [7, 11) is 1.55. The minimum atomic E-state index is -0.559. The minimum Gasteiger partial charge on any atom is -0.495 e. The highest BCUT2D eigenvalue weighted by atomic mass is 16.5. The van der Waals surface area contributed by atoms with E-state index in [4.69, 9.17) is 9.47 Å². The van der Waals surface area contributed by atoms with Crippen LogP contribution in [0.1, 0.15) is 37.7 Å². The summed E-state index contributed by atoms with van der Waals surface area (Å²) >= 11 is 0. The summed E-state index contributed by atoms with van der Waals surface area (Å²) in [5, 5.41) is 15.6. The molecule has 2 aliphatic rings. The number of hydrogen-bond donors (Lipinski definition) is 3. The summed E-state index contributed by atoms with van der Waals surface area (Å²) in [4.78, 5) is 27.4. The molecule has 2 fully saturated rings. The molecule has 2 aromatic carbocycles. The van der Waals surface area contributed by atoms with Gasteiger partial charge in [-0.3, -0.25) is 4.79 Å². The normalized spacial score (nSPS) is 22.6. The number of piperidine rings is 1. The van der Waals surface area contributed by atoms with E-state index < -0.39 is 6.10 Å². The summed E-state index contributed by atoms with van der Waals surface area (Å²) in [5.74, 6) is 1.28. The maximum Gasteiger partial charge on any atom is 0.319 e. The highest BCUT2D eigenvalue weighted by Gasteiger charge is 2.34. The maximum atomic E-state index is 12.9. The van der Waals surface area contributed by atoms with Crippen molar-refractivity contribution in [3.05, 3.63) is 60.2 Å². The lowest BCUT2D eigenvalue weighted by atomic mass is 9.90. The average Bonchev–Trinajstić information content (AvgIpc) is 2.90. The van der Waals surface area contributed by atoms with Crippen molar-refractivity contribution in [1.29, 1.82) is 0 Å². The van der Waals surface area contributed by atoms with Gasteiger partial charge in [0.25, 0.3) is 0 Å². The smallest absolute Gasteiger partial charge is 0.319 e. The van der Waals surface area contributed by atoms with E-state index in [0.29, 0.717) is 36.6 Å². The van der Waals surface area contributed by atoms with Crippen molar-refractivity contribution < 1.29 is 24.2 Å². The molecule has 2 aliphatic heterocycles. The van der Waals surface area contributed by atoms with Gasteiger partial charge in [-0.25, -0.2) is 4.79 Å². The molecule has 0 radical (unpaired) electrons. The van der Waals surface area contributed by atoms with E-state index in [9.17, 15) is 14.7 Å². The van der Waals surface area contributed by atoms with Crippen molar-refractivity contribution in [2.75, 3.05) is 32.1 Å². The number of aliphatic hydroxyl groups excluding tert-OH is 1. The molecule has 4 rings (SSSR count). The number of rotatable bonds is 8. The molecule has 8 nitrogen and oxygen atoms in total. The second-order valence-electron chi connectivity index (χ2n) is 9.68. The number of amides is 3. The van der Waals surface area contributed by atoms with Gasteiger partial charge in [0.2, 0.25) is 5.91 Å². The van der Waals surface area contributed by atoms with E-state index in [0.717, 1.165) is 32.4 Å². The number of para-hydroxylation sites is 2. The van der Waals surface area contributed by atoms with Crippen molar-refractivity contribution in [3.8, 4) is 5.75 Å². The number of aliphatic hydroxyl groups is 1. The van der Waals surface area contributed by atoms with Gasteiger partial charge >= 0.3 is 6.03 Å². The molecule has 0 spiro atoms. The number of likely N-dealkylation sites (tertiary alicyclic amines) is 1. The van der Waals surface area contributed by atoms with Crippen LogP contribution in [0.2, 0.25) is 0 Å². The van der Waals surface area contributed by atoms with Gasteiger partial charge in [0.1, 0.15) is 11.9 Å². The zero-order valence-corrected chi connectivity index (χ0v) is 20.9. The number of ether oxygens (including phenoxy) is 2. The average molecular weight is 496 g/mol. The molecule has 0 saturated carbocycles. The number of hydrogen-bond acceptors (Lipinski definition) is 5. The Morgan fingerprint density at radius 3 is 2.47 bits per heavy atom. The van der Waals surface area contributed by atoms with Gasteiger partial charge in [-0.05, 0) is 55.7 Å². The van der Waals surface area contributed by atoms with Crippen LogP contribution in [0.4, 0.5) is 10.5 Å². The Hall–Kier alpha value is -3.10. The molecule has 2 heterocycles. The summed E-state index contributed by atoms with van der Waals surface area (Å²) < 4.78 is 11.3. The van der Waals surface area contributed by atoms with E-state index in [1.165, 1.54) is 5.56 Å². The highest BCUT2D eigenvalue weighted by molar-refractivity contribution is 5.91. The predicted octanol–water partition coefficient (Wildman–Crippen LogP) is 3.60. The molecular weight excluding hydrogens is 458 g/mol. The van der Waals surface area contributed by atoms with Crippen LogP contribution >= 0.6 is 0 Å². The van der Waals surface area contributed by atoms with Crippen LogP contribution in [-0.2, 0) is 16.0 Å². The number of carbonyl (C=O) groups excluding carboxylic acids is 2. The fraction of sp³-hybridized carbons (Fsp3) is 0.500. The molecule has 3 N–H and O–H groups in total. The molecule has 3 amide bonds. The lowest BCUT2D eigenvalue weighted by Crippen LogP contribution is -2.52. The van der Waals surface area contributed by atoms with Crippen LogP contribution < -0.4 is 15.4 Å². The number of urea groups is 1. The van der Waals surface area contributed by atoms with Crippen molar-refractivity contribution in [3.63, 3.8) is 0 Å². The first-order valence-corrected chi connectivity index (χ1v) is 12.8. The van der Waals surface area contributed by atoms with Crippen molar-refractivity contribution in [1.82, 2.24) is 10.2 Å². The quantitative estimate of drug-likeness (QED) is 0.520. The van der Waals surface area contributed by atoms with Gasteiger partial charge in [-0.15, -0.1) is 0 Å². The molecule has 0 unspecified atom stereocenters. The molecule has 0 aliphatic carbocycles. The first kappa shape index (κ1) is 26.0. The van der Waals surface area contributed by atoms with Crippen molar-refractivity contribution in [2.24, 2.45) is 5.92 Å². The van der Waals surface area contributed by atoms with Gasteiger partial charge in [-0.2, -0.15) is 0 Å². The largest absolute Gasteiger partial charge is 0.495 e. The summed E-state index contributed by atoms with van der Waals surface area (Å²) in [6.07, 6.45) is 3.85. The summed E-state index contributed by atoms with van der Waals surface area (Å²) in [6, 6.07) is 16.9. The predicted molar refractivity (Wildman–Crippen MR) is 138 cm³/mol. The van der Waals surface area contributed by atoms with Crippen LogP contribution in [0.25, 0.3) is 0 Å². The molecule has 194 valence electrons. The van der Waals surface area contributed by atoms with Crippen LogP contribution in [0, 0.1) is 5.92 Å². The third-order valence-corrected chi connectivity index (χ3v) is 7.20. The Kier molecular flexibility index (Phi) is 9.19. The van der Waals surface area contributed by atoms with Crippen LogP contribution in [0.15, 0.2) is 54.6 Å². The standard InChI is InChI=1S/C28H37N3O5/c1-35-25-10-6-5-9-23(25)29-28(34)30-24-12-11-22(36-26(24)19-32)18-27(33)31-15-13-21(14-16-31)17-20-7-3-2-4-8-20/h2-10,21-22,24,26,32H,11-19H2,1H3,(H2,29,30,34)/t22-,24+,26-/m0/s1. The molecular formula is C28H37N3O5. The number of carbonyl (C=O) groups is 2. The molecule has 2 aromatic rings. The van der Waals surface area contributed by atoms with E-state index in [-0.39, 0.29) is 30.7 Å². The van der Waals surface area contributed by atoms with E-state index >= 15 is 0 Å². The van der Waals surface area contributed by atoms with Gasteiger partial charge in [0.05, 0.1) is 38.0 Å². The number of benzene rings is 2. The molecule has 3 atom stereocenters.